The van der Waals surface area contributed by atoms with Crippen LogP contribution in [0.3, 0.4) is 0 Å². The predicted octanol–water partition coefficient (Wildman–Crippen LogP) is 3.47. The van der Waals surface area contributed by atoms with Gasteiger partial charge in [-0.2, -0.15) is 0 Å². The molecule has 0 saturated heterocycles. The standard InChI is InChI=1S/C17H15N3O3S/c1-22-13-7-3-11(4-8-13)15-16(24-20-19-15)17(21)18-12-5-9-14(23-2)10-6-12/h3-10H,1-2H3,(H,18,21). The summed E-state index contributed by atoms with van der Waals surface area (Å²) in [5.41, 5.74) is 2.04. The summed E-state index contributed by atoms with van der Waals surface area (Å²) in [6.07, 6.45) is 0. The zero-order chi connectivity index (χ0) is 16.9. The molecular weight excluding hydrogens is 326 g/mol. The first-order valence-corrected chi connectivity index (χ1v) is 7.91. The zero-order valence-electron chi connectivity index (χ0n) is 13.1. The monoisotopic (exact) mass is 341 g/mol. The summed E-state index contributed by atoms with van der Waals surface area (Å²) in [6.45, 7) is 0. The molecule has 1 aromatic heterocycles. The van der Waals surface area contributed by atoms with Crippen molar-refractivity contribution in [1.82, 2.24) is 9.59 Å². The molecule has 0 bridgehead atoms. The summed E-state index contributed by atoms with van der Waals surface area (Å²) in [5.74, 6) is 1.22. The number of hydrogen-bond acceptors (Lipinski definition) is 6. The van der Waals surface area contributed by atoms with Gasteiger partial charge in [-0.05, 0) is 60.1 Å². The maximum atomic E-state index is 12.5. The molecule has 0 aliphatic carbocycles. The Labute approximate surface area is 143 Å². The SMILES string of the molecule is COc1ccc(NC(=O)c2snnc2-c2ccc(OC)cc2)cc1. The summed E-state index contributed by atoms with van der Waals surface area (Å²) in [4.78, 5) is 13.0. The largest absolute Gasteiger partial charge is 0.497 e. The molecule has 0 unspecified atom stereocenters. The van der Waals surface area contributed by atoms with Crippen molar-refractivity contribution in [3.8, 4) is 22.8 Å². The van der Waals surface area contributed by atoms with Crippen LogP contribution in [0.1, 0.15) is 9.67 Å². The smallest absolute Gasteiger partial charge is 0.269 e. The van der Waals surface area contributed by atoms with Crippen LogP contribution in [0.15, 0.2) is 48.5 Å². The van der Waals surface area contributed by atoms with E-state index in [2.05, 4.69) is 14.9 Å². The third-order valence-electron chi connectivity index (χ3n) is 3.41. The van der Waals surface area contributed by atoms with Crippen molar-refractivity contribution >= 4 is 23.1 Å². The molecule has 0 saturated carbocycles. The quantitative estimate of drug-likeness (QED) is 0.769. The first-order chi connectivity index (χ1) is 11.7. The molecule has 0 fully saturated rings. The Morgan fingerprint density at radius 3 is 2.12 bits per heavy atom. The second-order valence-electron chi connectivity index (χ2n) is 4.86. The Kier molecular flexibility index (Phi) is 4.72. The van der Waals surface area contributed by atoms with Gasteiger partial charge in [0, 0.05) is 11.3 Å². The molecule has 0 spiro atoms. The number of methoxy groups -OCH3 is 2. The van der Waals surface area contributed by atoms with Crippen molar-refractivity contribution in [3.63, 3.8) is 0 Å². The highest BCUT2D eigenvalue weighted by Gasteiger charge is 2.18. The van der Waals surface area contributed by atoms with Crippen LogP contribution in [0.5, 0.6) is 11.5 Å². The van der Waals surface area contributed by atoms with Crippen LogP contribution in [0.25, 0.3) is 11.3 Å². The lowest BCUT2D eigenvalue weighted by Crippen LogP contribution is -2.11. The number of anilines is 1. The first-order valence-electron chi connectivity index (χ1n) is 7.13. The number of benzene rings is 2. The summed E-state index contributed by atoms with van der Waals surface area (Å²) in [5, 5.41) is 6.92. The van der Waals surface area contributed by atoms with Gasteiger partial charge >= 0.3 is 0 Å². The Balaban J connectivity index is 1.81. The van der Waals surface area contributed by atoms with Crippen LogP contribution in [0.4, 0.5) is 5.69 Å². The van der Waals surface area contributed by atoms with Crippen LogP contribution < -0.4 is 14.8 Å². The number of carbonyl (C=O) groups excluding carboxylic acids is 1. The minimum absolute atomic E-state index is 0.249. The van der Waals surface area contributed by atoms with Crippen LogP contribution in [0, 0.1) is 0 Å². The van der Waals surface area contributed by atoms with Crippen LogP contribution in [-0.4, -0.2) is 29.7 Å². The average molecular weight is 341 g/mol. The average Bonchev–Trinajstić information content (AvgIpc) is 3.12. The summed E-state index contributed by atoms with van der Waals surface area (Å²) < 4.78 is 14.2. The molecule has 24 heavy (non-hydrogen) atoms. The molecule has 3 rings (SSSR count). The van der Waals surface area contributed by atoms with Crippen molar-refractivity contribution in [1.29, 1.82) is 0 Å². The van der Waals surface area contributed by atoms with Crippen molar-refractivity contribution in [3.05, 3.63) is 53.4 Å². The van der Waals surface area contributed by atoms with E-state index < -0.39 is 0 Å². The highest BCUT2D eigenvalue weighted by molar-refractivity contribution is 7.08. The fourth-order valence-corrected chi connectivity index (χ4v) is 2.72. The Morgan fingerprint density at radius 1 is 0.958 bits per heavy atom. The van der Waals surface area contributed by atoms with Crippen molar-refractivity contribution in [2.75, 3.05) is 19.5 Å². The minimum Gasteiger partial charge on any atom is -0.497 e. The molecule has 122 valence electrons. The number of hydrogen-bond donors (Lipinski definition) is 1. The molecule has 3 aromatic rings. The maximum absolute atomic E-state index is 12.5. The second-order valence-corrected chi connectivity index (χ2v) is 5.62. The predicted molar refractivity (Wildman–Crippen MR) is 92.8 cm³/mol. The minimum atomic E-state index is -0.249. The van der Waals surface area contributed by atoms with Gasteiger partial charge in [0.1, 0.15) is 22.1 Å². The molecule has 1 amide bonds. The molecule has 2 aromatic carbocycles. The molecule has 1 N–H and O–H groups in total. The fraction of sp³-hybridized carbons (Fsp3) is 0.118. The van der Waals surface area contributed by atoms with Gasteiger partial charge in [-0.1, -0.05) is 4.49 Å². The van der Waals surface area contributed by atoms with Gasteiger partial charge in [0.15, 0.2) is 0 Å². The number of rotatable bonds is 5. The maximum Gasteiger partial charge on any atom is 0.269 e. The molecule has 0 radical (unpaired) electrons. The van der Waals surface area contributed by atoms with Gasteiger partial charge in [0.05, 0.1) is 14.2 Å². The fourth-order valence-electron chi connectivity index (χ4n) is 2.14. The number of amides is 1. The van der Waals surface area contributed by atoms with Gasteiger partial charge in [-0.25, -0.2) is 0 Å². The molecule has 0 aliphatic heterocycles. The number of nitrogens with one attached hydrogen (secondary N) is 1. The summed E-state index contributed by atoms with van der Waals surface area (Å²) >= 11 is 1.06. The second kappa shape index (κ2) is 7.10. The molecule has 6 nitrogen and oxygen atoms in total. The van der Waals surface area contributed by atoms with Gasteiger partial charge < -0.3 is 14.8 Å². The Morgan fingerprint density at radius 2 is 1.54 bits per heavy atom. The van der Waals surface area contributed by atoms with Crippen molar-refractivity contribution in [2.24, 2.45) is 0 Å². The van der Waals surface area contributed by atoms with E-state index in [1.54, 1.807) is 38.5 Å². The van der Waals surface area contributed by atoms with Gasteiger partial charge in [0.25, 0.3) is 5.91 Å². The highest BCUT2D eigenvalue weighted by Crippen LogP contribution is 2.26. The van der Waals surface area contributed by atoms with E-state index >= 15 is 0 Å². The van der Waals surface area contributed by atoms with Gasteiger partial charge in [-0.3, -0.25) is 4.79 Å². The Bertz CT molecular complexity index is 829. The lowest BCUT2D eigenvalue weighted by molar-refractivity contribution is 0.103. The van der Waals surface area contributed by atoms with Crippen LogP contribution in [-0.2, 0) is 0 Å². The number of aromatic nitrogens is 2. The number of ether oxygens (including phenoxy) is 2. The lowest BCUT2D eigenvalue weighted by Gasteiger charge is -2.06. The van der Waals surface area contributed by atoms with E-state index in [0.717, 1.165) is 28.6 Å². The van der Waals surface area contributed by atoms with Crippen LogP contribution >= 0.6 is 11.5 Å². The van der Waals surface area contributed by atoms with E-state index in [1.165, 1.54) is 0 Å². The molecular formula is C17H15N3O3S. The zero-order valence-corrected chi connectivity index (χ0v) is 14.0. The van der Waals surface area contributed by atoms with E-state index in [0.29, 0.717) is 16.3 Å². The molecule has 0 atom stereocenters. The molecule has 0 aliphatic rings. The van der Waals surface area contributed by atoms with E-state index in [9.17, 15) is 4.79 Å². The van der Waals surface area contributed by atoms with Gasteiger partial charge in [0.2, 0.25) is 0 Å². The summed E-state index contributed by atoms with van der Waals surface area (Å²) in [7, 11) is 3.20. The van der Waals surface area contributed by atoms with E-state index in [-0.39, 0.29) is 5.91 Å². The number of nitrogens with zero attached hydrogens (tertiary/aromatic N) is 2. The molecule has 7 heteroatoms. The Hall–Kier alpha value is -2.93. The normalized spacial score (nSPS) is 10.2. The van der Waals surface area contributed by atoms with Gasteiger partial charge in [-0.15, -0.1) is 5.10 Å². The van der Waals surface area contributed by atoms with E-state index in [1.807, 2.05) is 24.3 Å². The third kappa shape index (κ3) is 3.36. The molecule has 1 heterocycles. The first kappa shape index (κ1) is 15.9. The topological polar surface area (TPSA) is 73.3 Å². The highest BCUT2D eigenvalue weighted by atomic mass is 32.1. The van der Waals surface area contributed by atoms with Crippen LogP contribution in [0.2, 0.25) is 0 Å². The third-order valence-corrected chi connectivity index (χ3v) is 4.13. The summed E-state index contributed by atoms with van der Waals surface area (Å²) in [6, 6.07) is 14.4. The van der Waals surface area contributed by atoms with Crippen molar-refractivity contribution in [2.45, 2.75) is 0 Å². The van der Waals surface area contributed by atoms with E-state index in [4.69, 9.17) is 9.47 Å². The lowest BCUT2D eigenvalue weighted by atomic mass is 10.1. The van der Waals surface area contributed by atoms with Crippen molar-refractivity contribution < 1.29 is 14.3 Å². The number of carbonyl (C=O) groups is 1.